The van der Waals surface area contributed by atoms with Crippen molar-refractivity contribution in [1.82, 2.24) is 0 Å². The summed E-state index contributed by atoms with van der Waals surface area (Å²) < 4.78 is 12.9. The van der Waals surface area contributed by atoms with Crippen molar-refractivity contribution in [3.05, 3.63) is 33.0 Å². The van der Waals surface area contributed by atoms with Crippen molar-refractivity contribution in [3.63, 3.8) is 0 Å². The second-order valence-electron chi connectivity index (χ2n) is 1.86. The lowest BCUT2D eigenvalue weighted by Crippen LogP contribution is -1.81. The van der Waals surface area contributed by atoms with Crippen molar-refractivity contribution in [2.45, 2.75) is 0 Å². The highest BCUT2D eigenvalue weighted by Crippen LogP contribution is 2.23. The zero-order valence-electron chi connectivity index (χ0n) is 5.24. The Morgan fingerprint density at radius 2 is 2.18 bits per heavy atom. The van der Waals surface area contributed by atoms with Crippen LogP contribution in [0, 0.1) is 17.1 Å². The molecule has 11 heavy (non-hydrogen) atoms. The number of benzene rings is 1. The van der Waals surface area contributed by atoms with Crippen molar-refractivity contribution in [1.29, 1.82) is 5.26 Å². The number of hydrogen-bond acceptors (Lipinski definition) is 1. The van der Waals surface area contributed by atoms with E-state index in [9.17, 15) is 4.39 Å². The van der Waals surface area contributed by atoms with Crippen LogP contribution in [0.2, 0.25) is 5.02 Å². The number of nitriles is 1. The SMILES string of the molecule is N#Cc1cc(Br)c(F)cc1Cl. The zero-order valence-corrected chi connectivity index (χ0v) is 7.58. The van der Waals surface area contributed by atoms with Crippen LogP contribution in [0.1, 0.15) is 5.56 Å². The van der Waals surface area contributed by atoms with E-state index in [1.54, 1.807) is 0 Å². The average molecular weight is 234 g/mol. The fraction of sp³-hybridized carbons (Fsp3) is 0. The molecule has 0 spiro atoms. The number of halogens is 3. The predicted octanol–water partition coefficient (Wildman–Crippen LogP) is 3.11. The van der Waals surface area contributed by atoms with Crippen LogP contribution in [-0.2, 0) is 0 Å². The molecule has 0 unspecified atom stereocenters. The summed E-state index contributed by atoms with van der Waals surface area (Å²) in [5.41, 5.74) is 0.264. The molecule has 1 nitrogen and oxygen atoms in total. The Balaban J connectivity index is 3.35. The summed E-state index contributed by atoms with van der Waals surface area (Å²) in [5.74, 6) is -0.464. The highest BCUT2D eigenvalue weighted by atomic mass is 79.9. The van der Waals surface area contributed by atoms with Crippen molar-refractivity contribution in [2.75, 3.05) is 0 Å². The maximum absolute atomic E-state index is 12.7. The molecule has 0 fully saturated rings. The molecule has 56 valence electrons. The van der Waals surface area contributed by atoms with E-state index in [0.717, 1.165) is 6.07 Å². The lowest BCUT2D eigenvalue weighted by molar-refractivity contribution is 0.621. The smallest absolute Gasteiger partial charge is 0.138 e. The standard InChI is InChI=1S/C7H2BrClFN/c8-5-1-4(3-11)6(9)2-7(5)10/h1-2H. The molecule has 0 atom stereocenters. The van der Waals surface area contributed by atoms with E-state index >= 15 is 0 Å². The molecule has 1 aromatic rings. The van der Waals surface area contributed by atoms with Crippen LogP contribution in [-0.4, -0.2) is 0 Å². The third-order valence-corrected chi connectivity index (χ3v) is 2.05. The Bertz CT molecular complexity index is 332. The summed E-state index contributed by atoms with van der Waals surface area (Å²) in [6, 6.07) is 4.28. The first-order valence-electron chi connectivity index (χ1n) is 2.70. The molecule has 0 saturated carbocycles. The van der Waals surface area contributed by atoms with Crippen LogP contribution < -0.4 is 0 Å². The van der Waals surface area contributed by atoms with Crippen LogP contribution in [0.15, 0.2) is 16.6 Å². The molecule has 0 aromatic heterocycles. The quantitative estimate of drug-likeness (QED) is 0.633. The van der Waals surface area contributed by atoms with Gasteiger partial charge in [-0.05, 0) is 28.1 Å². The van der Waals surface area contributed by atoms with Crippen molar-refractivity contribution in [2.24, 2.45) is 0 Å². The fourth-order valence-electron chi connectivity index (χ4n) is 0.608. The Kier molecular flexibility index (Phi) is 2.48. The van der Waals surface area contributed by atoms with Crippen LogP contribution in [0.25, 0.3) is 0 Å². The molecule has 0 heterocycles. The third kappa shape index (κ3) is 1.70. The van der Waals surface area contributed by atoms with Crippen LogP contribution >= 0.6 is 27.5 Å². The molecular formula is C7H2BrClFN. The van der Waals surface area contributed by atoms with E-state index < -0.39 is 5.82 Å². The summed E-state index contributed by atoms with van der Waals surface area (Å²) in [7, 11) is 0. The number of rotatable bonds is 0. The van der Waals surface area contributed by atoms with E-state index in [1.807, 2.05) is 6.07 Å². The van der Waals surface area contributed by atoms with E-state index in [-0.39, 0.29) is 15.1 Å². The average Bonchev–Trinajstić information content (AvgIpc) is 1.97. The molecule has 4 heteroatoms. The van der Waals surface area contributed by atoms with Gasteiger partial charge in [0, 0.05) is 0 Å². The van der Waals surface area contributed by atoms with E-state index in [1.165, 1.54) is 6.07 Å². The summed E-state index contributed by atoms with van der Waals surface area (Å²) in [4.78, 5) is 0. The molecule has 0 aliphatic rings. The summed E-state index contributed by atoms with van der Waals surface area (Å²) in [5, 5.41) is 8.59. The lowest BCUT2D eigenvalue weighted by atomic mass is 10.2. The Morgan fingerprint density at radius 1 is 1.55 bits per heavy atom. The minimum Gasteiger partial charge on any atom is -0.206 e. The van der Waals surface area contributed by atoms with Gasteiger partial charge in [-0.3, -0.25) is 0 Å². The van der Waals surface area contributed by atoms with Crippen LogP contribution in [0.5, 0.6) is 0 Å². The Morgan fingerprint density at radius 3 is 2.73 bits per heavy atom. The molecule has 0 aliphatic heterocycles. The van der Waals surface area contributed by atoms with Crippen molar-refractivity contribution in [3.8, 4) is 6.07 Å². The molecule has 0 aliphatic carbocycles. The largest absolute Gasteiger partial charge is 0.206 e. The van der Waals surface area contributed by atoms with Gasteiger partial charge in [-0.15, -0.1) is 0 Å². The Labute approximate surface area is 76.5 Å². The number of hydrogen-bond donors (Lipinski definition) is 0. The minimum absolute atomic E-state index is 0.133. The third-order valence-electron chi connectivity index (χ3n) is 1.13. The molecule has 1 rings (SSSR count). The summed E-state index contributed by atoms with van der Waals surface area (Å²) in [6.07, 6.45) is 0. The van der Waals surface area contributed by atoms with Gasteiger partial charge in [0.2, 0.25) is 0 Å². The van der Waals surface area contributed by atoms with Crippen LogP contribution in [0.3, 0.4) is 0 Å². The first kappa shape index (κ1) is 8.51. The molecule has 0 radical (unpaired) electrons. The zero-order chi connectivity index (χ0) is 8.43. The van der Waals surface area contributed by atoms with E-state index in [2.05, 4.69) is 15.9 Å². The molecular weight excluding hydrogens is 232 g/mol. The highest BCUT2D eigenvalue weighted by molar-refractivity contribution is 9.10. The molecule has 0 N–H and O–H groups in total. The van der Waals surface area contributed by atoms with Gasteiger partial charge < -0.3 is 0 Å². The molecule has 0 amide bonds. The van der Waals surface area contributed by atoms with Gasteiger partial charge in [0.05, 0.1) is 15.1 Å². The monoisotopic (exact) mass is 233 g/mol. The highest BCUT2D eigenvalue weighted by Gasteiger charge is 2.04. The van der Waals surface area contributed by atoms with E-state index in [4.69, 9.17) is 16.9 Å². The van der Waals surface area contributed by atoms with Crippen molar-refractivity contribution >= 4 is 27.5 Å². The van der Waals surface area contributed by atoms with Gasteiger partial charge in [0.1, 0.15) is 11.9 Å². The second kappa shape index (κ2) is 3.21. The van der Waals surface area contributed by atoms with Gasteiger partial charge >= 0.3 is 0 Å². The molecule has 0 saturated heterocycles. The summed E-state index contributed by atoms with van der Waals surface area (Å²) in [6.45, 7) is 0. The van der Waals surface area contributed by atoms with Gasteiger partial charge in [0.15, 0.2) is 0 Å². The topological polar surface area (TPSA) is 23.8 Å². The van der Waals surface area contributed by atoms with Crippen molar-refractivity contribution < 1.29 is 4.39 Å². The molecule has 0 bridgehead atoms. The first-order valence-corrected chi connectivity index (χ1v) is 3.87. The van der Waals surface area contributed by atoms with Gasteiger partial charge in [-0.2, -0.15) is 5.26 Å². The maximum atomic E-state index is 12.7. The summed E-state index contributed by atoms with van der Waals surface area (Å²) >= 11 is 8.45. The normalized spacial score (nSPS) is 9.27. The minimum atomic E-state index is -0.464. The van der Waals surface area contributed by atoms with Gasteiger partial charge in [0.25, 0.3) is 0 Å². The van der Waals surface area contributed by atoms with Gasteiger partial charge in [-0.1, -0.05) is 11.6 Å². The second-order valence-corrected chi connectivity index (χ2v) is 3.12. The van der Waals surface area contributed by atoms with Crippen LogP contribution in [0.4, 0.5) is 4.39 Å². The van der Waals surface area contributed by atoms with E-state index in [0.29, 0.717) is 0 Å². The molecule has 1 aromatic carbocycles. The van der Waals surface area contributed by atoms with Gasteiger partial charge in [-0.25, -0.2) is 4.39 Å². The lowest BCUT2D eigenvalue weighted by Gasteiger charge is -1.96. The first-order chi connectivity index (χ1) is 5.15. The Hall–Kier alpha value is -0.590. The number of nitrogens with zero attached hydrogens (tertiary/aromatic N) is 1. The predicted molar refractivity (Wildman–Crippen MR) is 43.8 cm³/mol. The fourth-order valence-corrected chi connectivity index (χ4v) is 1.14. The maximum Gasteiger partial charge on any atom is 0.138 e.